The Hall–Kier alpha value is -1.10. The molecule has 0 aliphatic carbocycles. The molecule has 1 N–H and O–H groups in total. The summed E-state index contributed by atoms with van der Waals surface area (Å²) in [5.41, 5.74) is 0. The average molecular weight is 198 g/mol. The molecule has 0 amide bonds. The van der Waals surface area contributed by atoms with Crippen molar-refractivity contribution in [1.82, 2.24) is 15.5 Å². The quantitative estimate of drug-likeness (QED) is 0.765. The SMILES string of the molecule is CCNCc1nnc(N(C)C(C)C)o1. The van der Waals surface area contributed by atoms with E-state index in [1.165, 1.54) is 0 Å². The Morgan fingerprint density at radius 1 is 1.43 bits per heavy atom. The van der Waals surface area contributed by atoms with Gasteiger partial charge in [0.2, 0.25) is 5.89 Å². The van der Waals surface area contributed by atoms with Crippen LogP contribution in [0.5, 0.6) is 0 Å². The summed E-state index contributed by atoms with van der Waals surface area (Å²) < 4.78 is 5.45. The molecule has 0 saturated carbocycles. The Morgan fingerprint density at radius 3 is 2.71 bits per heavy atom. The van der Waals surface area contributed by atoms with Gasteiger partial charge in [-0.25, -0.2) is 0 Å². The summed E-state index contributed by atoms with van der Waals surface area (Å²) in [5, 5.41) is 11.0. The maximum Gasteiger partial charge on any atom is 0.318 e. The van der Waals surface area contributed by atoms with Crippen molar-refractivity contribution in [2.45, 2.75) is 33.4 Å². The second kappa shape index (κ2) is 4.95. The third-order valence-electron chi connectivity index (χ3n) is 2.06. The van der Waals surface area contributed by atoms with Crippen molar-refractivity contribution < 1.29 is 4.42 Å². The molecule has 0 spiro atoms. The van der Waals surface area contributed by atoms with Crippen molar-refractivity contribution in [3.8, 4) is 0 Å². The minimum atomic E-state index is 0.363. The molecule has 0 bridgehead atoms. The highest BCUT2D eigenvalue weighted by Crippen LogP contribution is 2.12. The van der Waals surface area contributed by atoms with E-state index >= 15 is 0 Å². The number of hydrogen-bond donors (Lipinski definition) is 1. The van der Waals surface area contributed by atoms with Crippen LogP contribution in [0, 0.1) is 0 Å². The topological polar surface area (TPSA) is 54.2 Å². The van der Waals surface area contributed by atoms with Crippen LogP contribution in [0.25, 0.3) is 0 Å². The molecular weight excluding hydrogens is 180 g/mol. The molecule has 5 heteroatoms. The van der Waals surface area contributed by atoms with Crippen molar-refractivity contribution in [1.29, 1.82) is 0 Å². The lowest BCUT2D eigenvalue weighted by Gasteiger charge is -2.17. The van der Waals surface area contributed by atoms with Crippen LogP contribution in [0.1, 0.15) is 26.7 Å². The number of nitrogens with one attached hydrogen (secondary N) is 1. The van der Waals surface area contributed by atoms with E-state index in [4.69, 9.17) is 4.42 Å². The van der Waals surface area contributed by atoms with Crippen LogP contribution in [-0.2, 0) is 6.54 Å². The van der Waals surface area contributed by atoms with Gasteiger partial charge < -0.3 is 14.6 Å². The van der Waals surface area contributed by atoms with E-state index in [2.05, 4.69) is 29.4 Å². The second-order valence-corrected chi connectivity index (χ2v) is 3.46. The molecule has 0 unspecified atom stereocenters. The van der Waals surface area contributed by atoms with Gasteiger partial charge in [-0.05, 0) is 20.4 Å². The summed E-state index contributed by atoms with van der Waals surface area (Å²) in [6.07, 6.45) is 0. The van der Waals surface area contributed by atoms with Gasteiger partial charge in [-0.1, -0.05) is 12.0 Å². The number of rotatable bonds is 5. The summed E-state index contributed by atoms with van der Waals surface area (Å²) in [5.74, 6) is 0.634. The molecule has 0 aliphatic heterocycles. The predicted molar refractivity (Wildman–Crippen MR) is 55.2 cm³/mol. The Balaban J connectivity index is 2.58. The zero-order chi connectivity index (χ0) is 10.6. The number of nitrogens with zero attached hydrogens (tertiary/aromatic N) is 3. The third-order valence-corrected chi connectivity index (χ3v) is 2.06. The maximum absolute atomic E-state index is 5.45. The fraction of sp³-hybridized carbons (Fsp3) is 0.778. The van der Waals surface area contributed by atoms with Gasteiger partial charge in [0.05, 0.1) is 6.54 Å². The molecule has 1 aromatic rings. The lowest BCUT2D eigenvalue weighted by Crippen LogP contribution is -2.25. The van der Waals surface area contributed by atoms with E-state index < -0.39 is 0 Å². The monoisotopic (exact) mass is 198 g/mol. The predicted octanol–water partition coefficient (Wildman–Crippen LogP) is 1.02. The molecule has 0 fully saturated rings. The number of aromatic nitrogens is 2. The van der Waals surface area contributed by atoms with Crippen LogP contribution in [-0.4, -0.2) is 29.8 Å². The van der Waals surface area contributed by atoms with Crippen LogP contribution in [0.3, 0.4) is 0 Å². The van der Waals surface area contributed by atoms with Crippen LogP contribution in [0.2, 0.25) is 0 Å². The molecule has 0 saturated heterocycles. The first-order valence-corrected chi connectivity index (χ1v) is 4.91. The van der Waals surface area contributed by atoms with Gasteiger partial charge in [0.15, 0.2) is 0 Å². The summed E-state index contributed by atoms with van der Waals surface area (Å²) in [7, 11) is 1.94. The molecule has 1 aromatic heterocycles. The standard InChI is InChI=1S/C9H18N4O/c1-5-10-6-8-11-12-9(14-8)13(4)7(2)3/h7,10H,5-6H2,1-4H3. The summed E-state index contributed by atoms with van der Waals surface area (Å²) in [6, 6.07) is 0.940. The summed E-state index contributed by atoms with van der Waals surface area (Å²) in [6.45, 7) is 7.73. The third kappa shape index (κ3) is 2.70. The van der Waals surface area contributed by atoms with Crippen molar-refractivity contribution in [2.75, 3.05) is 18.5 Å². The highest BCUT2D eigenvalue weighted by molar-refractivity contribution is 5.23. The van der Waals surface area contributed by atoms with E-state index in [1.807, 2.05) is 18.9 Å². The molecule has 0 radical (unpaired) electrons. The van der Waals surface area contributed by atoms with E-state index in [0.717, 1.165) is 6.54 Å². The van der Waals surface area contributed by atoms with Crippen LogP contribution in [0.15, 0.2) is 4.42 Å². The highest BCUT2D eigenvalue weighted by atomic mass is 16.4. The largest absolute Gasteiger partial charge is 0.407 e. The Morgan fingerprint density at radius 2 is 2.14 bits per heavy atom. The van der Waals surface area contributed by atoms with Gasteiger partial charge in [-0.2, -0.15) is 0 Å². The molecule has 14 heavy (non-hydrogen) atoms. The number of hydrogen-bond acceptors (Lipinski definition) is 5. The molecule has 0 atom stereocenters. The zero-order valence-electron chi connectivity index (χ0n) is 9.24. The minimum Gasteiger partial charge on any atom is -0.407 e. The maximum atomic E-state index is 5.45. The molecule has 1 rings (SSSR count). The van der Waals surface area contributed by atoms with E-state index in [1.54, 1.807) is 0 Å². The van der Waals surface area contributed by atoms with E-state index in [0.29, 0.717) is 24.5 Å². The van der Waals surface area contributed by atoms with E-state index in [-0.39, 0.29) is 0 Å². The average Bonchev–Trinajstić information content (AvgIpc) is 2.61. The molecule has 0 aromatic carbocycles. The first kappa shape index (κ1) is 11.0. The lowest BCUT2D eigenvalue weighted by molar-refractivity contribution is 0.463. The van der Waals surface area contributed by atoms with Crippen LogP contribution >= 0.6 is 0 Å². The summed E-state index contributed by atoms with van der Waals surface area (Å²) >= 11 is 0. The fourth-order valence-corrected chi connectivity index (χ4v) is 0.912. The fourth-order valence-electron chi connectivity index (χ4n) is 0.912. The summed E-state index contributed by atoms with van der Waals surface area (Å²) in [4.78, 5) is 1.95. The van der Waals surface area contributed by atoms with Crippen molar-refractivity contribution >= 4 is 6.01 Å². The Labute approximate surface area is 84.5 Å². The second-order valence-electron chi connectivity index (χ2n) is 3.46. The van der Waals surface area contributed by atoms with Crippen molar-refractivity contribution in [3.05, 3.63) is 5.89 Å². The molecule has 1 heterocycles. The first-order valence-electron chi connectivity index (χ1n) is 4.91. The van der Waals surface area contributed by atoms with Gasteiger partial charge >= 0.3 is 6.01 Å². The molecule has 5 nitrogen and oxygen atoms in total. The molecule has 80 valence electrons. The molecular formula is C9H18N4O. The molecule has 0 aliphatic rings. The van der Waals surface area contributed by atoms with Gasteiger partial charge in [-0.3, -0.25) is 0 Å². The van der Waals surface area contributed by atoms with Crippen molar-refractivity contribution in [3.63, 3.8) is 0 Å². The van der Waals surface area contributed by atoms with Crippen LogP contribution in [0.4, 0.5) is 6.01 Å². The Kier molecular flexibility index (Phi) is 3.88. The number of anilines is 1. The smallest absolute Gasteiger partial charge is 0.318 e. The zero-order valence-corrected chi connectivity index (χ0v) is 9.24. The minimum absolute atomic E-state index is 0.363. The van der Waals surface area contributed by atoms with Gasteiger partial charge in [0.1, 0.15) is 0 Å². The lowest BCUT2D eigenvalue weighted by atomic mass is 10.4. The first-order chi connectivity index (χ1) is 6.65. The van der Waals surface area contributed by atoms with Gasteiger partial charge in [0.25, 0.3) is 0 Å². The van der Waals surface area contributed by atoms with Crippen molar-refractivity contribution in [2.24, 2.45) is 0 Å². The van der Waals surface area contributed by atoms with Crippen LogP contribution < -0.4 is 10.2 Å². The highest BCUT2D eigenvalue weighted by Gasteiger charge is 2.12. The normalized spacial score (nSPS) is 10.9. The van der Waals surface area contributed by atoms with Gasteiger partial charge in [0, 0.05) is 13.1 Å². The van der Waals surface area contributed by atoms with Gasteiger partial charge in [-0.15, -0.1) is 5.10 Å². The van der Waals surface area contributed by atoms with E-state index in [9.17, 15) is 0 Å². The Bertz CT molecular complexity index is 272.